The average Bonchev–Trinajstić information content (AvgIpc) is 3.01. The minimum Gasteiger partial charge on any atom is -0.481 e. The number of amides is 1. The third-order valence-corrected chi connectivity index (χ3v) is 4.93. The van der Waals surface area contributed by atoms with Crippen molar-refractivity contribution in [3.8, 4) is 5.69 Å². The van der Waals surface area contributed by atoms with Gasteiger partial charge in [0, 0.05) is 19.5 Å². The van der Waals surface area contributed by atoms with Crippen LogP contribution in [-0.2, 0) is 4.79 Å². The highest BCUT2D eigenvalue weighted by molar-refractivity contribution is 6.32. The zero-order valence-corrected chi connectivity index (χ0v) is 15.3. The number of nitrogens with zero attached hydrogens (tertiary/aromatic N) is 4. The Hall–Kier alpha value is -2.41. The molecule has 0 saturated carbocycles. The van der Waals surface area contributed by atoms with E-state index >= 15 is 0 Å². The molecule has 1 fully saturated rings. The first-order valence-electron chi connectivity index (χ1n) is 8.65. The summed E-state index contributed by atoms with van der Waals surface area (Å²) in [5, 5.41) is 13.7. The van der Waals surface area contributed by atoms with Gasteiger partial charge < -0.3 is 10.0 Å². The van der Waals surface area contributed by atoms with E-state index in [1.165, 1.54) is 0 Å². The molecule has 1 atom stereocenters. The molecule has 138 valence electrons. The van der Waals surface area contributed by atoms with Crippen LogP contribution < -0.4 is 0 Å². The predicted molar refractivity (Wildman–Crippen MR) is 96.6 cm³/mol. The van der Waals surface area contributed by atoms with Crippen molar-refractivity contribution in [1.82, 2.24) is 19.7 Å². The van der Waals surface area contributed by atoms with Crippen LogP contribution in [0.1, 0.15) is 42.1 Å². The van der Waals surface area contributed by atoms with Crippen molar-refractivity contribution in [1.29, 1.82) is 0 Å². The van der Waals surface area contributed by atoms with E-state index in [4.69, 9.17) is 16.7 Å². The molecular weight excluding hydrogens is 356 g/mol. The molecule has 26 heavy (non-hydrogen) atoms. The molecule has 0 spiro atoms. The highest BCUT2D eigenvalue weighted by Gasteiger charge is 2.27. The number of piperidine rings is 1. The van der Waals surface area contributed by atoms with Crippen molar-refractivity contribution in [3.63, 3.8) is 0 Å². The number of hydrogen-bond donors (Lipinski definition) is 1. The average molecular weight is 377 g/mol. The standard InChI is InChI=1S/C18H21ClN4O3/c1-12-20-17(21-23(12)15-7-3-2-6-14(15)19)18(26)22-10-4-5-13(11-22)8-9-16(24)25/h2-3,6-7,13H,4-5,8-11H2,1H3,(H,24,25)/t13-/m1/s1. The van der Waals surface area contributed by atoms with Gasteiger partial charge in [0.2, 0.25) is 5.82 Å². The second-order valence-electron chi connectivity index (χ2n) is 6.54. The van der Waals surface area contributed by atoms with Crippen molar-refractivity contribution >= 4 is 23.5 Å². The lowest BCUT2D eigenvalue weighted by Crippen LogP contribution is -2.40. The van der Waals surface area contributed by atoms with E-state index < -0.39 is 5.97 Å². The monoisotopic (exact) mass is 376 g/mol. The number of carboxylic acid groups (broad SMARTS) is 1. The Labute approximate surface area is 156 Å². The third-order valence-electron chi connectivity index (χ3n) is 4.61. The number of hydrogen-bond acceptors (Lipinski definition) is 4. The lowest BCUT2D eigenvalue weighted by molar-refractivity contribution is -0.137. The number of halogens is 1. The lowest BCUT2D eigenvalue weighted by atomic mass is 9.93. The summed E-state index contributed by atoms with van der Waals surface area (Å²) in [6.45, 7) is 2.97. The molecule has 1 N–H and O–H groups in total. The van der Waals surface area contributed by atoms with Crippen LogP contribution in [0.4, 0.5) is 0 Å². The first-order chi connectivity index (χ1) is 12.5. The smallest absolute Gasteiger partial charge is 0.303 e. The summed E-state index contributed by atoms with van der Waals surface area (Å²) < 4.78 is 1.57. The maximum atomic E-state index is 12.8. The topological polar surface area (TPSA) is 88.3 Å². The van der Waals surface area contributed by atoms with E-state index in [0.717, 1.165) is 12.8 Å². The second kappa shape index (κ2) is 7.86. The third kappa shape index (κ3) is 4.04. The number of carboxylic acids is 1. The number of carbonyl (C=O) groups excluding carboxylic acids is 1. The second-order valence-corrected chi connectivity index (χ2v) is 6.94. The molecule has 1 saturated heterocycles. The largest absolute Gasteiger partial charge is 0.481 e. The minimum absolute atomic E-state index is 0.130. The Morgan fingerprint density at radius 2 is 2.12 bits per heavy atom. The van der Waals surface area contributed by atoms with Crippen molar-refractivity contribution in [2.45, 2.75) is 32.6 Å². The van der Waals surface area contributed by atoms with E-state index in [2.05, 4.69) is 10.1 Å². The molecule has 1 aromatic carbocycles. The molecule has 0 radical (unpaired) electrons. The normalized spacial score (nSPS) is 17.3. The van der Waals surface area contributed by atoms with Crippen molar-refractivity contribution in [2.24, 2.45) is 5.92 Å². The Bertz CT molecular complexity index is 821. The van der Waals surface area contributed by atoms with Gasteiger partial charge in [-0.05, 0) is 44.2 Å². The zero-order chi connectivity index (χ0) is 18.7. The number of aryl methyl sites for hydroxylation is 1. The molecule has 3 rings (SSSR count). The molecule has 0 unspecified atom stereocenters. The first-order valence-corrected chi connectivity index (χ1v) is 9.03. The molecule has 8 heteroatoms. The highest BCUT2D eigenvalue weighted by atomic mass is 35.5. The molecule has 1 aromatic heterocycles. The van der Waals surface area contributed by atoms with Crippen molar-refractivity contribution in [3.05, 3.63) is 40.9 Å². The Morgan fingerprint density at radius 3 is 2.85 bits per heavy atom. The Morgan fingerprint density at radius 1 is 1.35 bits per heavy atom. The minimum atomic E-state index is -0.802. The number of benzene rings is 1. The van der Waals surface area contributed by atoms with Crippen LogP contribution in [0.2, 0.25) is 5.02 Å². The number of aliphatic carboxylic acids is 1. The van der Waals surface area contributed by atoms with E-state index in [0.29, 0.717) is 36.0 Å². The van der Waals surface area contributed by atoms with E-state index in [1.54, 1.807) is 22.6 Å². The summed E-state index contributed by atoms with van der Waals surface area (Å²) in [6.07, 6.45) is 2.52. The van der Waals surface area contributed by atoms with Crippen LogP contribution in [0.25, 0.3) is 5.69 Å². The molecule has 0 aliphatic carbocycles. The SMILES string of the molecule is Cc1nc(C(=O)N2CCC[C@H](CCC(=O)O)C2)nn1-c1ccccc1Cl. The fourth-order valence-corrected chi connectivity index (χ4v) is 3.50. The number of rotatable bonds is 5. The van der Waals surface area contributed by atoms with Crippen LogP contribution in [0, 0.1) is 12.8 Å². The van der Waals surface area contributed by atoms with Crippen LogP contribution in [-0.4, -0.2) is 49.7 Å². The van der Waals surface area contributed by atoms with Crippen LogP contribution in [0.5, 0.6) is 0 Å². The summed E-state index contributed by atoms with van der Waals surface area (Å²) in [6, 6.07) is 7.26. The zero-order valence-electron chi connectivity index (χ0n) is 14.6. The number of aromatic nitrogens is 3. The van der Waals surface area contributed by atoms with Gasteiger partial charge in [-0.3, -0.25) is 9.59 Å². The fourth-order valence-electron chi connectivity index (χ4n) is 3.29. The van der Waals surface area contributed by atoms with Crippen LogP contribution in [0.15, 0.2) is 24.3 Å². The predicted octanol–water partition coefficient (Wildman–Crippen LogP) is 2.95. The van der Waals surface area contributed by atoms with Crippen molar-refractivity contribution < 1.29 is 14.7 Å². The van der Waals surface area contributed by atoms with Gasteiger partial charge in [-0.2, -0.15) is 0 Å². The van der Waals surface area contributed by atoms with Crippen molar-refractivity contribution in [2.75, 3.05) is 13.1 Å². The molecule has 0 bridgehead atoms. The van der Waals surface area contributed by atoms with Crippen LogP contribution in [0.3, 0.4) is 0 Å². The highest BCUT2D eigenvalue weighted by Crippen LogP contribution is 2.23. The van der Waals surface area contributed by atoms with Gasteiger partial charge in [0.1, 0.15) is 5.82 Å². The Kier molecular flexibility index (Phi) is 5.56. The van der Waals surface area contributed by atoms with E-state index in [-0.39, 0.29) is 24.1 Å². The molecule has 1 aliphatic heterocycles. The summed E-state index contributed by atoms with van der Waals surface area (Å²) in [5.41, 5.74) is 0.677. The first kappa shape index (κ1) is 18.4. The van der Waals surface area contributed by atoms with Gasteiger partial charge in [0.05, 0.1) is 10.7 Å². The summed E-state index contributed by atoms with van der Waals surface area (Å²) in [7, 11) is 0. The Balaban J connectivity index is 1.75. The molecule has 7 nitrogen and oxygen atoms in total. The number of para-hydroxylation sites is 1. The van der Waals surface area contributed by atoms with Gasteiger partial charge in [0.25, 0.3) is 5.91 Å². The van der Waals surface area contributed by atoms with E-state index in [9.17, 15) is 9.59 Å². The maximum Gasteiger partial charge on any atom is 0.303 e. The molecule has 2 aromatic rings. The summed E-state index contributed by atoms with van der Waals surface area (Å²) in [5.74, 6) is -0.0964. The lowest BCUT2D eigenvalue weighted by Gasteiger charge is -2.31. The quantitative estimate of drug-likeness (QED) is 0.866. The summed E-state index contributed by atoms with van der Waals surface area (Å²) >= 11 is 6.22. The number of likely N-dealkylation sites (tertiary alicyclic amines) is 1. The van der Waals surface area contributed by atoms with Gasteiger partial charge in [-0.25, -0.2) is 9.67 Å². The maximum absolute atomic E-state index is 12.8. The van der Waals surface area contributed by atoms with Crippen LogP contribution >= 0.6 is 11.6 Å². The van der Waals surface area contributed by atoms with Gasteiger partial charge in [0.15, 0.2) is 0 Å². The molecular formula is C18H21ClN4O3. The van der Waals surface area contributed by atoms with E-state index in [1.807, 2.05) is 18.2 Å². The molecule has 2 heterocycles. The fraction of sp³-hybridized carbons (Fsp3) is 0.444. The summed E-state index contributed by atoms with van der Waals surface area (Å²) in [4.78, 5) is 29.6. The van der Waals surface area contributed by atoms with Gasteiger partial charge in [-0.1, -0.05) is 23.7 Å². The van der Waals surface area contributed by atoms with Gasteiger partial charge >= 0.3 is 5.97 Å². The molecule has 1 aliphatic rings. The number of carbonyl (C=O) groups is 2. The van der Waals surface area contributed by atoms with Gasteiger partial charge in [-0.15, -0.1) is 5.10 Å². The molecule has 1 amide bonds.